The number of aryl methyl sites for hydroxylation is 1. The number of carbonyl (C=O) groups excluding carboxylic acids is 1. The van der Waals surface area contributed by atoms with Gasteiger partial charge >= 0.3 is 6.03 Å². The second-order valence-electron chi connectivity index (χ2n) is 4.02. The summed E-state index contributed by atoms with van der Waals surface area (Å²) in [4.78, 5) is 11.6. The van der Waals surface area contributed by atoms with Crippen molar-refractivity contribution in [3.8, 4) is 6.07 Å². The Kier molecular flexibility index (Phi) is 4.72. The molecule has 8 heteroatoms. The number of anilines is 1. The Morgan fingerprint density at radius 2 is 2.25 bits per heavy atom. The molecule has 0 bridgehead atoms. The van der Waals surface area contributed by atoms with Crippen LogP contribution in [0.4, 0.5) is 10.6 Å². The molecule has 0 atom stereocenters. The molecule has 0 spiro atoms. The second kappa shape index (κ2) is 6.94. The van der Waals surface area contributed by atoms with E-state index in [4.69, 9.17) is 5.26 Å². The van der Waals surface area contributed by atoms with Crippen LogP contribution < -0.4 is 10.6 Å². The highest BCUT2D eigenvalue weighted by Gasteiger charge is 2.04. The van der Waals surface area contributed by atoms with Crippen LogP contribution in [0.25, 0.3) is 0 Å². The van der Waals surface area contributed by atoms with Gasteiger partial charge in [0.05, 0.1) is 25.6 Å². The summed E-state index contributed by atoms with van der Waals surface area (Å²) < 4.78 is 3.35. The number of carbonyl (C=O) groups is 1. The first-order chi connectivity index (χ1) is 9.78. The number of amides is 2. The number of hydrogen-bond acceptors (Lipinski definition) is 4. The summed E-state index contributed by atoms with van der Waals surface area (Å²) in [5.74, 6) is 0.458. The average Bonchev–Trinajstić information content (AvgIpc) is 3.08. The molecule has 0 saturated carbocycles. The van der Waals surface area contributed by atoms with Crippen molar-refractivity contribution < 1.29 is 4.79 Å². The molecule has 2 rings (SSSR count). The minimum Gasteiger partial charge on any atom is -0.336 e. The van der Waals surface area contributed by atoms with Crippen molar-refractivity contribution in [2.75, 3.05) is 11.9 Å². The van der Waals surface area contributed by atoms with Crippen LogP contribution >= 0.6 is 0 Å². The fraction of sp³-hybridized carbons (Fsp3) is 0.333. The average molecular weight is 273 g/mol. The standard InChI is InChI=1S/C12H15N7O/c13-4-1-7-19-9-3-11(17-19)16-12(20)14-6-10-18-8-2-5-15-18/h2-3,5,8-9H,1,6-7,10H2,(H2,14,16,17,20). The molecule has 2 heterocycles. The number of nitriles is 1. The molecule has 0 aromatic carbocycles. The number of urea groups is 1. The molecular weight excluding hydrogens is 258 g/mol. The topological polar surface area (TPSA) is 101 Å². The molecule has 0 aliphatic carbocycles. The predicted molar refractivity (Wildman–Crippen MR) is 71.7 cm³/mol. The first-order valence-corrected chi connectivity index (χ1v) is 6.20. The Morgan fingerprint density at radius 1 is 1.35 bits per heavy atom. The summed E-state index contributed by atoms with van der Waals surface area (Å²) >= 11 is 0. The van der Waals surface area contributed by atoms with Crippen LogP contribution in [0.5, 0.6) is 0 Å². The summed E-state index contributed by atoms with van der Waals surface area (Å²) in [5.41, 5.74) is 0. The normalized spacial score (nSPS) is 9.95. The van der Waals surface area contributed by atoms with Gasteiger partial charge in [-0.05, 0) is 6.07 Å². The maximum Gasteiger partial charge on any atom is 0.320 e. The Bertz CT molecular complexity index is 581. The quantitative estimate of drug-likeness (QED) is 0.813. The lowest BCUT2D eigenvalue weighted by Gasteiger charge is -2.05. The van der Waals surface area contributed by atoms with Crippen molar-refractivity contribution in [2.45, 2.75) is 19.5 Å². The fourth-order valence-electron chi connectivity index (χ4n) is 1.59. The Morgan fingerprint density at radius 3 is 3.00 bits per heavy atom. The first-order valence-electron chi connectivity index (χ1n) is 6.20. The molecule has 2 aromatic heterocycles. The van der Waals surface area contributed by atoms with Crippen molar-refractivity contribution in [3.63, 3.8) is 0 Å². The number of nitrogens with zero attached hydrogens (tertiary/aromatic N) is 5. The third-order valence-electron chi connectivity index (χ3n) is 2.52. The molecular formula is C12H15N7O. The van der Waals surface area contributed by atoms with Crippen molar-refractivity contribution in [3.05, 3.63) is 30.7 Å². The molecule has 20 heavy (non-hydrogen) atoms. The monoisotopic (exact) mass is 273 g/mol. The van der Waals surface area contributed by atoms with Gasteiger partial charge in [0, 0.05) is 31.2 Å². The van der Waals surface area contributed by atoms with Crippen molar-refractivity contribution in [1.82, 2.24) is 24.9 Å². The van der Waals surface area contributed by atoms with Gasteiger partial charge in [-0.15, -0.1) is 0 Å². The van der Waals surface area contributed by atoms with E-state index in [1.165, 1.54) is 0 Å². The zero-order chi connectivity index (χ0) is 14.2. The van der Waals surface area contributed by atoms with Gasteiger partial charge in [0.15, 0.2) is 5.82 Å². The molecule has 0 aliphatic heterocycles. The molecule has 2 aromatic rings. The fourth-order valence-corrected chi connectivity index (χ4v) is 1.59. The van der Waals surface area contributed by atoms with Crippen LogP contribution in [0.15, 0.2) is 30.7 Å². The summed E-state index contributed by atoms with van der Waals surface area (Å²) in [5, 5.41) is 22.0. The molecule has 2 N–H and O–H groups in total. The van der Waals surface area contributed by atoms with Gasteiger partial charge in [-0.2, -0.15) is 15.5 Å². The molecule has 0 radical (unpaired) electrons. The molecule has 0 saturated heterocycles. The molecule has 8 nitrogen and oxygen atoms in total. The SMILES string of the molecule is N#CCCn1ccc(NC(=O)NCCn2cccn2)n1. The van der Waals surface area contributed by atoms with E-state index in [-0.39, 0.29) is 6.03 Å². The minimum atomic E-state index is -0.317. The summed E-state index contributed by atoms with van der Waals surface area (Å²) in [6.45, 7) is 1.60. The maximum absolute atomic E-state index is 11.6. The molecule has 0 fully saturated rings. The van der Waals surface area contributed by atoms with Crippen LogP contribution in [-0.4, -0.2) is 32.1 Å². The van der Waals surface area contributed by atoms with Gasteiger partial charge < -0.3 is 5.32 Å². The minimum absolute atomic E-state index is 0.317. The largest absolute Gasteiger partial charge is 0.336 e. The van der Waals surface area contributed by atoms with Gasteiger partial charge in [-0.1, -0.05) is 0 Å². The highest BCUT2D eigenvalue weighted by molar-refractivity contribution is 5.88. The van der Waals surface area contributed by atoms with Gasteiger partial charge in [-0.25, -0.2) is 4.79 Å². The van der Waals surface area contributed by atoms with Crippen molar-refractivity contribution in [1.29, 1.82) is 5.26 Å². The third kappa shape index (κ3) is 4.13. The number of aromatic nitrogens is 4. The lowest BCUT2D eigenvalue weighted by molar-refractivity contribution is 0.251. The zero-order valence-electron chi connectivity index (χ0n) is 10.9. The summed E-state index contributed by atoms with van der Waals surface area (Å²) in [6.07, 6.45) is 5.62. The van der Waals surface area contributed by atoms with Crippen LogP contribution in [0, 0.1) is 11.3 Å². The van der Waals surface area contributed by atoms with E-state index in [9.17, 15) is 4.79 Å². The van der Waals surface area contributed by atoms with Crippen LogP contribution in [0.1, 0.15) is 6.42 Å². The van der Waals surface area contributed by atoms with E-state index in [1.54, 1.807) is 27.8 Å². The van der Waals surface area contributed by atoms with Gasteiger partial charge in [0.25, 0.3) is 0 Å². The molecule has 0 unspecified atom stereocenters. The van der Waals surface area contributed by atoms with Gasteiger partial charge in [0.1, 0.15) is 0 Å². The lowest BCUT2D eigenvalue weighted by atomic mass is 10.5. The van der Waals surface area contributed by atoms with E-state index in [0.717, 1.165) is 0 Å². The number of nitrogens with one attached hydrogen (secondary N) is 2. The predicted octanol–water partition coefficient (Wildman–Crippen LogP) is 0.815. The van der Waals surface area contributed by atoms with Crippen molar-refractivity contribution >= 4 is 11.8 Å². The second-order valence-corrected chi connectivity index (χ2v) is 4.02. The van der Waals surface area contributed by atoms with Crippen LogP contribution in [-0.2, 0) is 13.1 Å². The highest BCUT2D eigenvalue weighted by atomic mass is 16.2. The molecule has 2 amide bonds. The number of rotatable bonds is 6. The Hall–Kier alpha value is -2.82. The molecule has 104 valence electrons. The van der Waals surface area contributed by atoms with E-state index in [2.05, 4.69) is 20.8 Å². The lowest BCUT2D eigenvalue weighted by Crippen LogP contribution is -2.31. The van der Waals surface area contributed by atoms with E-state index >= 15 is 0 Å². The number of hydrogen-bond donors (Lipinski definition) is 2. The summed E-state index contributed by atoms with van der Waals surface area (Å²) in [6, 6.07) is 5.23. The Balaban J connectivity index is 1.71. The first kappa shape index (κ1) is 13.6. The van der Waals surface area contributed by atoms with E-state index < -0.39 is 0 Å². The molecule has 0 aliphatic rings. The maximum atomic E-state index is 11.6. The van der Waals surface area contributed by atoms with Crippen LogP contribution in [0.3, 0.4) is 0 Å². The van der Waals surface area contributed by atoms with Crippen LogP contribution in [0.2, 0.25) is 0 Å². The summed E-state index contributed by atoms with van der Waals surface area (Å²) in [7, 11) is 0. The van der Waals surface area contributed by atoms with E-state index in [0.29, 0.717) is 31.9 Å². The van der Waals surface area contributed by atoms with E-state index in [1.807, 2.05) is 18.3 Å². The Labute approximate surface area is 116 Å². The zero-order valence-corrected chi connectivity index (χ0v) is 10.9. The smallest absolute Gasteiger partial charge is 0.320 e. The van der Waals surface area contributed by atoms with Gasteiger partial charge in [-0.3, -0.25) is 14.7 Å². The van der Waals surface area contributed by atoms with Gasteiger partial charge in [0.2, 0.25) is 0 Å². The third-order valence-corrected chi connectivity index (χ3v) is 2.52. The van der Waals surface area contributed by atoms with Crippen molar-refractivity contribution in [2.24, 2.45) is 0 Å². The highest BCUT2D eigenvalue weighted by Crippen LogP contribution is 2.02.